The molecule has 0 amide bonds. The van der Waals surface area contributed by atoms with Gasteiger partial charge in [-0.25, -0.2) is 0 Å². The minimum absolute atomic E-state index is 0.143. The summed E-state index contributed by atoms with van der Waals surface area (Å²) in [7, 11) is 0. The van der Waals surface area contributed by atoms with Crippen molar-refractivity contribution < 1.29 is 67.2 Å². The van der Waals surface area contributed by atoms with Gasteiger partial charge in [-0.15, -0.1) is 0 Å². The molecule has 10 atom stereocenters. The number of aliphatic hydroxyl groups excluding tert-OH is 2. The van der Waals surface area contributed by atoms with E-state index in [1.165, 1.54) is 6.92 Å². The molecule has 3 aromatic carbocycles. The van der Waals surface area contributed by atoms with E-state index in [0.29, 0.717) is 0 Å². The smallest absolute Gasteiger partial charge is 0.303 e. The molecule has 2 heterocycles. The van der Waals surface area contributed by atoms with Gasteiger partial charge >= 0.3 is 17.9 Å². The van der Waals surface area contributed by atoms with Crippen LogP contribution >= 0.6 is 0 Å². The van der Waals surface area contributed by atoms with Crippen molar-refractivity contribution in [1.29, 1.82) is 0 Å². The van der Waals surface area contributed by atoms with Crippen LogP contribution in [0.3, 0.4) is 0 Å². The lowest BCUT2D eigenvalue weighted by Gasteiger charge is -2.46. The fraction of sp³-hybridized carbons (Fsp3) is 0.462. The van der Waals surface area contributed by atoms with Gasteiger partial charge in [0.1, 0.15) is 43.2 Å². The second-order valence-corrected chi connectivity index (χ2v) is 12.7. The lowest BCUT2D eigenvalue weighted by Crippen LogP contribution is -2.63. The van der Waals surface area contributed by atoms with Crippen molar-refractivity contribution >= 4 is 17.9 Å². The molecule has 14 nitrogen and oxygen atoms in total. The molecule has 0 bridgehead atoms. The number of rotatable bonds is 16. The Morgan fingerprint density at radius 2 is 0.981 bits per heavy atom. The molecule has 0 radical (unpaired) electrons. The molecule has 0 aromatic heterocycles. The highest BCUT2D eigenvalue weighted by atomic mass is 16.7. The third kappa shape index (κ3) is 11.6. The minimum Gasteiger partial charge on any atom is -0.463 e. The lowest BCUT2D eigenvalue weighted by molar-refractivity contribution is -0.339. The predicted octanol–water partition coefficient (Wildman–Crippen LogP) is 2.99. The largest absolute Gasteiger partial charge is 0.463 e. The highest BCUT2D eigenvalue weighted by Gasteiger charge is 2.52. The monoisotopic (exact) mass is 738 g/mol. The molecule has 14 heteroatoms. The molecule has 2 fully saturated rings. The fourth-order valence-corrected chi connectivity index (χ4v) is 6.11. The van der Waals surface area contributed by atoms with E-state index in [2.05, 4.69) is 0 Å². The van der Waals surface area contributed by atoms with E-state index < -0.39 is 85.9 Å². The van der Waals surface area contributed by atoms with E-state index in [4.69, 9.17) is 42.6 Å². The summed E-state index contributed by atoms with van der Waals surface area (Å²) in [5.41, 5.74) is 2.61. The summed E-state index contributed by atoms with van der Waals surface area (Å²) < 4.78 is 53.3. The van der Waals surface area contributed by atoms with Crippen LogP contribution in [-0.4, -0.2) is 103 Å². The maximum atomic E-state index is 12.1. The summed E-state index contributed by atoms with van der Waals surface area (Å²) in [6, 6.07) is 28.4. The predicted molar refractivity (Wildman–Crippen MR) is 184 cm³/mol. The highest BCUT2D eigenvalue weighted by molar-refractivity contribution is 5.68. The van der Waals surface area contributed by atoms with Gasteiger partial charge in [0, 0.05) is 20.8 Å². The van der Waals surface area contributed by atoms with Gasteiger partial charge in [-0.2, -0.15) is 0 Å². The molecule has 2 N–H and O–H groups in total. The molecule has 3 aromatic rings. The van der Waals surface area contributed by atoms with Gasteiger partial charge in [0.25, 0.3) is 0 Å². The summed E-state index contributed by atoms with van der Waals surface area (Å²) >= 11 is 0. The fourth-order valence-electron chi connectivity index (χ4n) is 6.11. The normalized spacial score (nSPS) is 28.5. The van der Waals surface area contributed by atoms with Gasteiger partial charge < -0.3 is 52.8 Å². The van der Waals surface area contributed by atoms with Crippen LogP contribution < -0.4 is 0 Å². The standard InChI is InChI=1S/C39H46O14/c1-24(40)45-22-31-34(50-25(2)41)35(51-26(3)42)32(43)39(53-31)49-23-30-33(46-19-27-13-7-4-8-14-27)36(47-20-28-15-9-5-10-16-28)37(38(44)52-30)48-21-29-17-11-6-12-18-29/h4-18,30-39,43-44H,19-23H2,1-3H3/t30-,31-,32+,33-,34-,35-,36+,37-,38-,39+/m1/s1. The number of aliphatic hydroxyl groups is 2. The summed E-state index contributed by atoms with van der Waals surface area (Å²) in [5.74, 6) is -2.16. The van der Waals surface area contributed by atoms with Crippen LogP contribution in [0.25, 0.3) is 0 Å². The van der Waals surface area contributed by atoms with E-state index in [-0.39, 0.29) is 26.4 Å². The van der Waals surface area contributed by atoms with E-state index in [1.54, 1.807) is 0 Å². The Hall–Kier alpha value is -4.25. The number of esters is 3. The van der Waals surface area contributed by atoms with Crippen LogP contribution in [0.1, 0.15) is 37.5 Å². The Labute approximate surface area is 307 Å². The average Bonchev–Trinajstić information content (AvgIpc) is 3.14. The summed E-state index contributed by atoms with van der Waals surface area (Å²) in [6.07, 6.45) is -12.5. The van der Waals surface area contributed by atoms with Crippen LogP contribution in [-0.2, 0) is 76.8 Å². The van der Waals surface area contributed by atoms with Gasteiger partial charge in [0.2, 0.25) is 0 Å². The van der Waals surface area contributed by atoms with Gasteiger partial charge in [-0.1, -0.05) is 91.0 Å². The second kappa shape index (κ2) is 19.7. The van der Waals surface area contributed by atoms with Crippen molar-refractivity contribution in [2.24, 2.45) is 0 Å². The van der Waals surface area contributed by atoms with Crippen LogP contribution in [0, 0.1) is 0 Å². The molecule has 0 saturated carbocycles. The quantitative estimate of drug-likeness (QED) is 0.162. The number of carbonyl (C=O) groups excluding carboxylic acids is 3. The molecule has 0 spiro atoms. The van der Waals surface area contributed by atoms with Crippen LogP contribution in [0.5, 0.6) is 0 Å². The summed E-state index contributed by atoms with van der Waals surface area (Å²) in [6.45, 7) is 3.16. The van der Waals surface area contributed by atoms with Crippen molar-refractivity contribution in [2.75, 3.05) is 13.2 Å². The highest BCUT2D eigenvalue weighted by Crippen LogP contribution is 2.32. The SMILES string of the molecule is CC(=O)OC[C@H]1O[C@H](OC[C@H]2O[C@@H](O)[C@H](OCc3ccccc3)[C@@H](OCc3ccccc3)[C@@H]2OCc2ccccc2)[C@@H](O)[C@@H](OC(C)=O)[C@@H]1OC(C)=O. The molecular formula is C39H46O14. The Morgan fingerprint density at radius 3 is 1.47 bits per heavy atom. The molecule has 2 saturated heterocycles. The minimum atomic E-state index is -1.67. The number of benzene rings is 3. The van der Waals surface area contributed by atoms with Crippen molar-refractivity contribution in [2.45, 2.75) is 102 Å². The van der Waals surface area contributed by atoms with E-state index >= 15 is 0 Å². The molecule has 2 aliphatic rings. The molecule has 5 rings (SSSR count). The molecular weight excluding hydrogens is 692 g/mol. The Bertz CT molecular complexity index is 1570. The lowest BCUT2D eigenvalue weighted by atomic mass is 9.97. The van der Waals surface area contributed by atoms with E-state index in [9.17, 15) is 24.6 Å². The number of ether oxygens (including phenoxy) is 9. The number of carbonyl (C=O) groups is 3. The topological polar surface area (TPSA) is 175 Å². The first kappa shape index (κ1) is 39.9. The summed E-state index contributed by atoms with van der Waals surface area (Å²) in [4.78, 5) is 35.8. The maximum Gasteiger partial charge on any atom is 0.303 e. The molecule has 0 aliphatic carbocycles. The summed E-state index contributed by atoms with van der Waals surface area (Å²) in [5, 5.41) is 22.8. The second-order valence-electron chi connectivity index (χ2n) is 12.7. The Balaban J connectivity index is 1.41. The zero-order chi connectivity index (χ0) is 37.7. The molecule has 53 heavy (non-hydrogen) atoms. The average molecular weight is 739 g/mol. The van der Waals surface area contributed by atoms with Gasteiger partial charge in [0.15, 0.2) is 24.8 Å². The van der Waals surface area contributed by atoms with E-state index in [0.717, 1.165) is 30.5 Å². The third-order valence-corrected chi connectivity index (χ3v) is 8.56. The number of hydrogen-bond donors (Lipinski definition) is 2. The van der Waals surface area contributed by atoms with Crippen molar-refractivity contribution in [3.8, 4) is 0 Å². The van der Waals surface area contributed by atoms with Crippen LogP contribution in [0.2, 0.25) is 0 Å². The van der Waals surface area contributed by atoms with Crippen LogP contribution in [0.15, 0.2) is 91.0 Å². The maximum absolute atomic E-state index is 12.1. The Kier molecular flexibility index (Phi) is 14.9. The first-order chi connectivity index (χ1) is 25.6. The van der Waals surface area contributed by atoms with Gasteiger partial charge in [-0.3, -0.25) is 14.4 Å². The zero-order valence-electron chi connectivity index (χ0n) is 29.8. The first-order valence-electron chi connectivity index (χ1n) is 17.3. The van der Waals surface area contributed by atoms with Crippen molar-refractivity contribution in [3.05, 3.63) is 108 Å². The molecule has 2 aliphatic heterocycles. The van der Waals surface area contributed by atoms with E-state index in [1.807, 2.05) is 91.0 Å². The molecule has 0 unspecified atom stereocenters. The zero-order valence-corrected chi connectivity index (χ0v) is 29.8. The van der Waals surface area contributed by atoms with Crippen molar-refractivity contribution in [3.63, 3.8) is 0 Å². The first-order valence-corrected chi connectivity index (χ1v) is 17.3. The molecule has 286 valence electrons. The van der Waals surface area contributed by atoms with Gasteiger partial charge in [0.05, 0.1) is 26.4 Å². The van der Waals surface area contributed by atoms with Crippen molar-refractivity contribution in [1.82, 2.24) is 0 Å². The van der Waals surface area contributed by atoms with Gasteiger partial charge in [-0.05, 0) is 16.7 Å². The Morgan fingerprint density at radius 1 is 0.528 bits per heavy atom. The third-order valence-electron chi connectivity index (χ3n) is 8.56. The number of hydrogen-bond acceptors (Lipinski definition) is 14. The van der Waals surface area contributed by atoms with Crippen LogP contribution in [0.4, 0.5) is 0 Å².